The lowest BCUT2D eigenvalue weighted by molar-refractivity contribution is 0.0570. The van der Waals surface area contributed by atoms with Crippen molar-refractivity contribution < 1.29 is 9.84 Å². The zero-order valence-electron chi connectivity index (χ0n) is 11.1. The smallest absolute Gasteiger partial charge is 0.0897 e. The second-order valence-electron chi connectivity index (χ2n) is 6.13. The topological polar surface area (TPSA) is 41.5 Å². The molecule has 0 bridgehead atoms. The molecular weight excluding hydrogens is 202 g/mol. The maximum absolute atomic E-state index is 9.59. The van der Waals surface area contributed by atoms with E-state index in [9.17, 15) is 5.11 Å². The minimum atomic E-state index is -0.384. The maximum atomic E-state index is 9.59. The number of rotatable bonds is 5. The Kier molecular flexibility index (Phi) is 5.22. The molecule has 3 unspecified atom stereocenters. The van der Waals surface area contributed by atoms with E-state index in [-0.39, 0.29) is 6.10 Å². The molecule has 0 heterocycles. The molecule has 1 fully saturated rings. The van der Waals surface area contributed by atoms with E-state index in [4.69, 9.17) is 4.74 Å². The zero-order valence-corrected chi connectivity index (χ0v) is 11.1. The monoisotopic (exact) mass is 229 g/mol. The molecular formula is C13H27NO2. The molecule has 0 aromatic heterocycles. The highest BCUT2D eigenvalue weighted by Gasteiger charge is 2.31. The summed E-state index contributed by atoms with van der Waals surface area (Å²) in [6.45, 7) is 8.05. The third-order valence-electron chi connectivity index (χ3n) is 3.39. The number of hydrogen-bond donors (Lipinski definition) is 2. The van der Waals surface area contributed by atoms with Crippen molar-refractivity contribution in [2.75, 3.05) is 20.3 Å². The molecule has 1 aliphatic rings. The second kappa shape index (κ2) is 5.99. The molecule has 1 aliphatic carbocycles. The lowest BCUT2D eigenvalue weighted by Crippen LogP contribution is -2.43. The molecule has 3 heteroatoms. The van der Waals surface area contributed by atoms with Gasteiger partial charge in [0.15, 0.2) is 0 Å². The molecule has 0 amide bonds. The van der Waals surface area contributed by atoms with Gasteiger partial charge in [0, 0.05) is 19.7 Å². The summed E-state index contributed by atoms with van der Waals surface area (Å²) in [7, 11) is 1.62. The number of aliphatic hydroxyl groups is 1. The Hall–Kier alpha value is -0.120. The van der Waals surface area contributed by atoms with Gasteiger partial charge in [-0.25, -0.2) is 0 Å². The van der Waals surface area contributed by atoms with Gasteiger partial charge in [0.05, 0.1) is 12.7 Å². The van der Waals surface area contributed by atoms with Crippen LogP contribution in [0.2, 0.25) is 0 Å². The first-order chi connectivity index (χ1) is 7.43. The van der Waals surface area contributed by atoms with Gasteiger partial charge in [-0.2, -0.15) is 0 Å². The van der Waals surface area contributed by atoms with Gasteiger partial charge in [0.25, 0.3) is 0 Å². The molecule has 1 saturated carbocycles. The SMILES string of the molecule is COCC(O)CNC1CC(C)CC(C)(C)C1. The molecule has 0 aromatic rings. The van der Waals surface area contributed by atoms with Crippen molar-refractivity contribution in [2.24, 2.45) is 11.3 Å². The van der Waals surface area contributed by atoms with Crippen LogP contribution in [0.25, 0.3) is 0 Å². The highest BCUT2D eigenvalue weighted by Crippen LogP contribution is 2.38. The summed E-state index contributed by atoms with van der Waals surface area (Å²) in [5, 5.41) is 13.1. The summed E-state index contributed by atoms with van der Waals surface area (Å²) in [6, 6.07) is 0.547. The first kappa shape index (κ1) is 13.9. The Labute approximate surface area is 99.6 Å². The van der Waals surface area contributed by atoms with Gasteiger partial charge in [0.1, 0.15) is 0 Å². The summed E-state index contributed by atoms with van der Waals surface area (Å²) >= 11 is 0. The summed E-state index contributed by atoms with van der Waals surface area (Å²) < 4.78 is 4.92. The zero-order chi connectivity index (χ0) is 12.2. The van der Waals surface area contributed by atoms with Crippen LogP contribution in [-0.2, 0) is 4.74 Å². The highest BCUT2D eigenvalue weighted by molar-refractivity contribution is 4.86. The van der Waals surface area contributed by atoms with Crippen LogP contribution in [0, 0.1) is 11.3 Å². The van der Waals surface area contributed by atoms with Gasteiger partial charge in [-0.05, 0) is 30.6 Å². The number of ether oxygens (including phenoxy) is 1. The van der Waals surface area contributed by atoms with Crippen LogP contribution in [0.4, 0.5) is 0 Å². The third kappa shape index (κ3) is 4.81. The summed E-state index contributed by atoms with van der Waals surface area (Å²) in [5.41, 5.74) is 0.432. The van der Waals surface area contributed by atoms with E-state index < -0.39 is 0 Å². The van der Waals surface area contributed by atoms with E-state index in [1.807, 2.05) is 0 Å². The van der Waals surface area contributed by atoms with Crippen LogP contribution < -0.4 is 5.32 Å². The standard InChI is InChI=1S/C13H27NO2/c1-10-5-11(7-13(2,3)6-10)14-8-12(15)9-16-4/h10-12,14-15H,5-9H2,1-4H3. The van der Waals surface area contributed by atoms with Gasteiger partial charge in [0.2, 0.25) is 0 Å². The molecule has 0 aromatic carbocycles. The predicted octanol–water partition coefficient (Wildman–Crippen LogP) is 1.80. The third-order valence-corrected chi connectivity index (χ3v) is 3.39. The van der Waals surface area contributed by atoms with E-state index in [2.05, 4.69) is 26.1 Å². The Morgan fingerprint density at radius 1 is 1.44 bits per heavy atom. The van der Waals surface area contributed by atoms with Gasteiger partial charge >= 0.3 is 0 Å². The largest absolute Gasteiger partial charge is 0.389 e. The molecule has 0 saturated heterocycles. The molecule has 3 atom stereocenters. The van der Waals surface area contributed by atoms with E-state index in [1.165, 1.54) is 19.3 Å². The first-order valence-corrected chi connectivity index (χ1v) is 6.33. The fourth-order valence-electron chi connectivity index (χ4n) is 3.06. The van der Waals surface area contributed by atoms with Gasteiger partial charge in [-0.3, -0.25) is 0 Å². The maximum Gasteiger partial charge on any atom is 0.0897 e. The first-order valence-electron chi connectivity index (χ1n) is 6.33. The molecule has 3 nitrogen and oxygen atoms in total. The van der Waals surface area contributed by atoms with Crippen LogP contribution in [0.5, 0.6) is 0 Å². The van der Waals surface area contributed by atoms with Gasteiger partial charge in [-0.1, -0.05) is 20.8 Å². The highest BCUT2D eigenvalue weighted by atomic mass is 16.5. The van der Waals surface area contributed by atoms with Crippen molar-refractivity contribution in [1.29, 1.82) is 0 Å². The molecule has 0 spiro atoms. The van der Waals surface area contributed by atoms with E-state index in [0.717, 1.165) is 5.92 Å². The van der Waals surface area contributed by atoms with Crippen molar-refractivity contribution in [3.8, 4) is 0 Å². The average Bonchev–Trinajstić information content (AvgIpc) is 2.12. The quantitative estimate of drug-likeness (QED) is 0.755. The predicted molar refractivity (Wildman–Crippen MR) is 66.5 cm³/mol. The Bertz CT molecular complexity index is 206. The molecule has 2 N–H and O–H groups in total. The van der Waals surface area contributed by atoms with E-state index in [1.54, 1.807) is 7.11 Å². The second-order valence-corrected chi connectivity index (χ2v) is 6.13. The Morgan fingerprint density at radius 3 is 2.69 bits per heavy atom. The Balaban J connectivity index is 2.31. The lowest BCUT2D eigenvalue weighted by atomic mass is 9.70. The van der Waals surface area contributed by atoms with Crippen LogP contribution in [-0.4, -0.2) is 37.5 Å². The fourth-order valence-corrected chi connectivity index (χ4v) is 3.06. The summed E-state index contributed by atoms with van der Waals surface area (Å²) in [4.78, 5) is 0. The molecule has 16 heavy (non-hydrogen) atoms. The normalized spacial score (nSPS) is 31.3. The fraction of sp³-hybridized carbons (Fsp3) is 1.00. The van der Waals surface area contributed by atoms with Crippen molar-refractivity contribution in [1.82, 2.24) is 5.32 Å². The van der Waals surface area contributed by atoms with Gasteiger partial charge in [-0.15, -0.1) is 0 Å². The molecule has 1 rings (SSSR count). The van der Waals surface area contributed by atoms with Crippen molar-refractivity contribution in [3.63, 3.8) is 0 Å². The molecule has 0 radical (unpaired) electrons. The van der Waals surface area contributed by atoms with E-state index in [0.29, 0.717) is 24.6 Å². The van der Waals surface area contributed by atoms with Crippen LogP contribution >= 0.6 is 0 Å². The summed E-state index contributed by atoms with van der Waals surface area (Å²) in [5.74, 6) is 0.779. The van der Waals surface area contributed by atoms with Crippen LogP contribution in [0.1, 0.15) is 40.0 Å². The molecule has 96 valence electrons. The minimum Gasteiger partial charge on any atom is -0.389 e. The van der Waals surface area contributed by atoms with Crippen molar-refractivity contribution in [2.45, 2.75) is 52.2 Å². The van der Waals surface area contributed by atoms with Crippen LogP contribution in [0.15, 0.2) is 0 Å². The van der Waals surface area contributed by atoms with Crippen molar-refractivity contribution in [3.05, 3.63) is 0 Å². The minimum absolute atomic E-state index is 0.384. The number of methoxy groups -OCH3 is 1. The van der Waals surface area contributed by atoms with E-state index >= 15 is 0 Å². The number of hydrogen-bond acceptors (Lipinski definition) is 3. The van der Waals surface area contributed by atoms with Gasteiger partial charge < -0.3 is 15.2 Å². The average molecular weight is 229 g/mol. The number of aliphatic hydroxyl groups excluding tert-OH is 1. The number of nitrogens with one attached hydrogen (secondary N) is 1. The lowest BCUT2D eigenvalue weighted by Gasteiger charge is -2.39. The molecule has 0 aliphatic heterocycles. The van der Waals surface area contributed by atoms with Crippen molar-refractivity contribution >= 4 is 0 Å². The Morgan fingerprint density at radius 2 is 2.12 bits per heavy atom. The van der Waals surface area contributed by atoms with Crippen LogP contribution in [0.3, 0.4) is 0 Å². The summed E-state index contributed by atoms with van der Waals surface area (Å²) in [6.07, 6.45) is 3.36.